The normalized spacial score (nSPS) is 22.7. The van der Waals surface area contributed by atoms with Gasteiger partial charge in [-0.2, -0.15) is 0 Å². The lowest BCUT2D eigenvalue weighted by atomic mass is 9.98. The van der Waals surface area contributed by atoms with Crippen LogP contribution in [0.5, 0.6) is 5.75 Å². The minimum absolute atomic E-state index is 0.0549. The zero-order chi connectivity index (χ0) is 13.5. The van der Waals surface area contributed by atoms with E-state index in [1.165, 1.54) is 0 Å². The zero-order valence-corrected chi connectivity index (χ0v) is 12.5. The molecule has 1 aromatic carbocycles. The molecule has 1 saturated carbocycles. The molecule has 1 aliphatic rings. The lowest BCUT2D eigenvalue weighted by Gasteiger charge is -2.17. The summed E-state index contributed by atoms with van der Waals surface area (Å²) in [5.74, 6) is 1.10. The molecule has 2 N–H and O–H groups in total. The molecule has 2 nitrogen and oxygen atoms in total. The first kappa shape index (κ1) is 14.0. The Balaban J connectivity index is 2.26. The number of hydrogen-bond acceptors (Lipinski definition) is 2. The van der Waals surface area contributed by atoms with Gasteiger partial charge >= 0.3 is 0 Å². The fourth-order valence-corrected chi connectivity index (χ4v) is 2.91. The van der Waals surface area contributed by atoms with Gasteiger partial charge in [-0.3, -0.25) is 0 Å². The van der Waals surface area contributed by atoms with Crippen molar-refractivity contribution in [3.63, 3.8) is 0 Å². The van der Waals surface area contributed by atoms with Crippen molar-refractivity contribution in [1.29, 1.82) is 0 Å². The van der Waals surface area contributed by atoms with Crippen molar-refractivity contribution in [1.82, 2.24) is 0 Å². The highest BCUT2D eigenvalue weighted by Gasteiger charge is 2.49. The van der Waals surface area contributed by atoms with Crippen molar-refractivity contribution >= 4 is 23.2 Å². The molecule has 0 aliphatic heterocycles. The molecular formula is C14H19Cl2NO. The maximum Gasteiger partial charge on any atom is 0.139 e. The summed E-state index contributed by atoms with van der Waals surface area (Å²) in [7, 11) is 0. The average molecular weight is 288 g/mol. The van der Waals surface area contributed by atoms with E-state index in [2.05, 4.69) is 13.8 Å². The molecule has 2 atom stereocenters. The smallest absolute Gasteiger partial charge is 0.139 e. The lowest BCUT2D eigenvalue weighted by Crippen LogP contribution is -2.16. The van der Waals surface area contributed by atoms with E-state index in [1.54, 1.807) is 6.07 Å². The van der Waals surface area contributed by atoms with Gasteiger partial charge in [0.2, 0.25) is 0 Å². The first-order valence-electron chi connectivity index (χ1n) is 6.24. The second-order valence-corrected chi connectivity index (χ2v) is 6.38. The summed E-state index contributed by atoms with van der Waals surface area (Å²) in [6.45, 7) is 6.93. The van der Waals surface area contributed by atoms with E-state index < -0.39 is 0 Å². The molecule has 1 fully saturated rings. The molecule has 0 radical (unpaired) electrons. The van der Waals surface area contributed by atoms with Crippen LogP contribution in [-0.4, -0.2) is 6.61 Å². The van der Waals surface area contributed by atoms with Crippen LogP contribution in [0, 0.1) is 11.3 Å². The Labute approximate surface area is 118 Å². The quantitative estimate of drug-likeness (QED) is 0.889. The van der Waals surface area contributed by atoms with Crippen LogP contribution < -0.4 is 10.5 Å². The van der Waals surface area contributed by atoms with E-state index in [1.807, 2.05) is 13.0 Å². The molecule has 2 rings (SSSR count). The fraction of sp³-hybridized carbons (Fsp3) is 0.571. The molecule has 0 spiro atoms. The van der Waals surface area contributed by atoms with Gasteiger partial charge in [0.25, 0.3) is 0 Å². The van der Waals surface area contributed by atoms with Gasteiger partial charge in [0.1, 0.15) is 5.75 Å². The van der Waals surface area contributed by atoms with Crippen LogP contribution in [0.15, 0.2) is 12.1 Å². The first-order valence-corrected chi connectivity index (χ1v) is 6.99. The van der Waals surface area contributed by atoms with Crippen LogP contribution in [0.2, 0.25) is 10.0 Å². The maximum atomic E-state index is 6.29. The van der Waals surface area contributed by atoms with Gasteiger partial charge in [-0.1, -0.05) is 37.0 Å². The molecule has 0 heterocycles. The minimum Gasteiger partial charge on any atom is -0.492 e. The Bertz CT molecular complexity index is 459. The number of ether oxygens (including phenoxy) is 1. The summed E-state index contributed by atoms with van der Waals surface area (Å²) in [4.78, 5) is 0. The molecule has 1 aliphatic carbocycles. The van der Waals surface area contributed by atoms with Crippen molar-refractivity contribution in [3.8, 4) is 5.75 Å². The molecule has 18 heavy (non-hydrogen) atoms. The standard InChI is InChI=1S/C14H19Cl2NO/c1-4-18-12-6-10(15)8(5-11(12)16)13(17)9-7-14(9,2)3/h5-6,9,13H,4,7,17H2,1-3H3. The maximum absolute atomic E-state index is 6.29. The molecule has 0 bridgehead atoms. The second-order valence-electron chi connectivity index (χ2n) is 5.56. The van der Waals surface area contributed by atoms with Crippen molar-refractivity contribution in [3.05, 3.63) is 27.7 Å². The SMILES string of the molecule is CCOc1cc(Cl)c(C(N)C2CC2(C)C)cc1Cl. The number of nitrogens with two attached hydrogens (primary N) is 1. The van der Waals surface area contributed by atoms with Gasteiger partial charge in [-0.15, -0.1) is 0 Å². The molecule has 0 saturated heterocycles. The second kappa shape index (κ2) is 4.92. The predicted octanol–water partition coefficient (Wildman–Crippen LogP) is 4.44. The van der Waals surface area contributed by atoms with Crippen molar-refractivity contribution in [2.75, 3.05) is 6.61 Å². The summed E-state index contributed by atoms with van der Waals surface area (Å²) in [6, 6.07) is 3.55. The van der Waals surface area contributed by atoms with Gasteiger partial charge in [-0.25, -0.2) is 0 Å². The van der Waals surface area contributed by atoms with Gasteiger partial charge in [0, 0.05) is 17.1 Å². The van der Waals surface area contributed by atoms with Gasteiger partial charge in [-0.05, 0) is 36.3 Å². The Morgan fingerprint density at radius 2 is 2.00 bits per heavy atom. The fourth-order valence-electron chi connectivity index (χ4n) is 2.40. The first-order chi connectivity index (χ1) is 8.36. The third kappa shape index (κ3) is 2.61. The predicted molar refractivity (Wildman–Crippen MR) is 76.4 cm³/mol. The average Bonchev–Trinajstić information content (AvgIpc) is 2.92. The van der Waals surface area contributed by atoms with Gasteiger partial charge < -0.3 is 10.5 Å². The minimum atomic E-state index is -0.0549. The Morgan fingerprint density at radius 3 is 2.50 bits per heavy atom. The molecule has 0 amide bonds. The van der Waals surface area contributed by atoms with E-state index in [4.69, 9.17) is 33.7 Å². The van der Waals surface area contributed by atoms with Crippen LogP contribution in [-0.2, 0) is 0 Å². The lowest BCUT2D eigenvalue weighted by molar-refractivity contribution is 0.340. The molecule has 100 valence electrons. The summed E-state index contributed by atoms with van der Waals surface area (Å²) in [5, 5.41) is 1.21. The van der Waals surface area contributed by atoms with Crippen molar-refractivity contribution in [2.45, 2.75) is 33.2 Å². The van der Waals surface area contributed by atoms with Gasteiger partial charge in [0.15, 0.2) is 0 Å². The monoisotopic (exact) mass is 287 g/mol. The van der Waals surface area contributed by atoms with Crippen molar-refractivity contribution in [2.24, 2.45) is 17.1 Å². The number of rotatable bonds is 4. The third-order valence-corrected chi connectivity index (χ3v) is 4.36. The van der Waals surface area contributed by atoms with Crippen LogP contribution in [0.25, 0.3) is 0 Å². The van der Waals surface area contributed by atoms with E-state index in [0.717, 1.165) is 12.0 Å². The zero-order valence-electron chi connectivity index (χ0n) is 11.0. The summed E-state index contributed by atoms with van der Waals surface area (Å²) < 4.78 is 5.41. The van der Waals surface area contributed by atoms with Crippen LogP contribution >= 0.6 is 23.2 Å². The number of benzene rings is 1. The van der Waals surface area contributed by atoms with Crippen LogP contribution in [0.1, 0.15) is 38.8 Å². The van der Waals surface area contributed by atoms with E-state index in [9.17, 15) is 0 Å². The molecule has 0 aromatic heterocycles. The Morgan fingerprint density at radius 1 is 1.39 bits per heavy atom. The third-order valence-electron chi connectivity index (χ3n) is 3.73. The van der Waals surface area contributed by atoms with Crippen LogP contribution in [0.4, 0.5) is 0 Å². The molecule has 4 heteroatoms. The largest absolute Gasteiger partial charge is 0.492 e. The highest BCUT2D eigenvalue weighted by molar-refractivity contribution is 6.34. The van der Waals surface area contributed by atoms with Crippen LogP contribution in [0.3, 0.4) is 0 Å². The molecule has 2 unspecified atom stereocenters. The number of halogens is 2. The summed E-state index contributed by atoms with van der Waals surface area (Å²) >= 11 is 12.5. The van der Waals surface area contributed by atoms with E-state index in [-0.39, 0.29) is 6.04 Å². The highest BCUT2D eigenvalue weighted by Crippen LogP contribution is 2.57. The number of hydrogen-bond donors (Lipinski definition) is 1. The summed E-state index contributed by atoms with van der Waals surface area (Å²) in [6.07, 6.45) is 1.13. The molecular weight excluding hydrogens is 269 g/mol. The summed E-state index contributed by atoms with van der Waals surface area (Å²) in [5.41, 5.74) is 7.52. The molecule has 1 aromatic rings. The highest BCUT2D eigenvalue weighted by atomic mass is 35.5. The Hall–Kier alpha value is -0.440. The van der Waals surface area contributed by atoms with E-state index in [0.29, 0.717) is 33.7 Å². The van der Waals surface area contributed by atoms with E-state index >= 15 is 0 Å². The topological polar surface area (TPSA) is 35.2 Å². The van der Waals surface area contributed by atoms with Gasteiger partial charge in [0.05, 0.1) is 11.6 Å². The van der Waals surface area contributed by atoms with Crippen molar-refractivity contribution < 1.29 is 4.74 Å². The Kier molecular flexibility index (Phi) is 3.82.